The quantitative estimate of drug-likeness (QED) is 0.683. The summed E-state index contributed by atoms with van der Waals surface area (Å²) < 4.78 is 5.00. The maximum Gasteiger partial charge on any atom is 0.311 e. The lowest BCUT2D eigenvalue weighted by Crippen LogP contribution is -2.50. The van der Waals surface area contributed by atoms with Crippen molar-refractivity contribution in [2.24, 2.45) is 0 Å². The second kappa shape index (κ2) is 6.08. The lowest BCUT2D eigenvalue weighted by molar-refractivity contribution is -0.385. The lowest BCUT2D eigenvalue weighted by atomic mass is 9.98. The normalized spacial score (nSPS) is 15.1. The molecule has 0 spiro atoms. The van der Waals surface area contributed by atoms with Crippen molar-refractivity contribution in [2.75, 3.05) is 23.9 Å². The predicted octanol–water partition coefficient (Wildman–Crippen LogP) is 3.45. The van der Waals surface area contributed by atoms with Crippen molar-refractivity contribution in [1.29, 1.82) is 0 Å². The van der Waals surface area contributed by atoms with Gasteiger partial charge in [-0.05, 0) is 38.1 Å². The number of hydrogen-bond acceptors (Lipinski definition) is 5. The van der Waals surface area contributed by atoms with Crippen molar-refractivity contribution in [3.05, 3.63) is 58.1 Å². The Morgan fingerprint density at radius 3 is 2.68 bits per heavy atom. The molecule has 1 aliphatic rings. The zero-order valence-electron chi connectivity index (χ0n) is 14.3. The third-order valence-corrected chi connectivity index (χ3v) is 4.09. The molecule has 0 unspecified atom stereocenters. The number of carbonyl (C=O) groups is 1. The van der Waals surface area contributed by atoms with Crippen LogP contribution in [0.5, 0.6) is 5.75 Å². The van der Waals surface area contributed by atoms with Crippen LogP contribution in [-0.4, -0.2) is 30.0 Å². The molecular weight excluding hydrogens is 322 g/mol. The maximum atomic E-state index is 13.1. The number of rotatable bonds is 3. The van der Waals surface area contributed by atoms with E-state index in [0.29, 0.717) is 6.54 Å². The standard InChI is InChI=1S/C18H19N3O4/c1-18(2)11-20(14-7-5-4-6-13(14)19-18)17(22)12-8-9-16(25-3)15(10-12)21(23)24/h4-10,19H,11H2,1-3H3. The van der Waals surface area contributed by atoms with Gasteiger partial charge in [0.15, 0.2) is 5.75 Å². The Bertz CT molecular complexity index is 848. The Morgan fingerprint density at radius 2 is 2.00 bits per heavy atom. The van der Waals surface area contributed by atoms with E-state index in [2.05, 4.69) is 5.32 Å². The summed E-state index contributed by atoms with van der Waals surface area (Å²) in [5, 5.41) is 14.6. The minimum Gasteiger partial charge on any atom is -0.490 e. The molecule has 2 aromatic rings. The van der Waals surface area contributed by atoms with Crippen molar-refractivity contribution in [3.63, 3.8) is 0 Å². The van der Waals surface area contributed by atoms with Crippen molar-refractivity contribution in [1.82, 2.24) is 0 Å². The van der Waals surface area contributed by atoms with Crippen LogP contribution in [0.15, 0.2) is 42.5 Å². The number of benzene rings is 2. The molecule has 0 radical (unpaired) electrons. The van der Waals surface area contributed by atoms with Gasteiger partial charge < -0.3 is 15.0 Å². The number of nitro benzene ring substituents is 1. The fourth-order valence-electron chi connectivity index (χ4n) is 3.00. The lowest BCUT2D eigenvalue weighted by Gasteiger charge is -2.40. The summed E-state index contributed by atoms with van der Waals surface area (Å²) in [4.78, 5) is 25.4. The first-order chi connectivity index (χ1) is 11.8. The van der Waals surface area contributed by atoms with Gasteiger partial charge >= 0.3 is 5.69 Å². The van der Waals surface area contributed by atoms with E-state index in [1.165, 1.54) is 19.2 Å². The molecule has 1 N–H and O–H groups in total. The van der Waals surface area contributed by atoms with Crippen molar-refractivity contribution in [3.8, 4) is 5.75 Å². The zero-order valence-corrected chi connectivity index (χ0v) is 14.3. The highest BCUT2D eigenvalue weighted by Gasteiger charge is 2.33. The molecule has 2 aromatic carbocycles. The Morgan fingerprint density at radius 1 is 1.28 bits per heavy atom. The van der Waals surface area contributed by atoms with E-state index in [9.17, 15) is 14.9 Å². The highest BCUT2D eigenvalue weighted by Crippen LogP contribution is 2.36. The van der Waals surface area contributed by atoms with Crippen LogP contribution in [0, 0.1) is 10.1 Å². The van der Waals surface area contributed by atoms with Crippen LogP contribution >= 0.6 is 0 Å². The number of nitrogens with one attached hydrogen (secondary N) is 1. The van der Waals surface area contributed by atoms with Crippen molar-refractivity contribution in [2.45, 2.75) is 19.4 Å². The maximum absolute atomic E-state index is 13.1. The Kier molecular flexibility index (Phi) is 4.08. The van der Waals surface area contributed by atoms with Gasteiger partial charge in [0.2, 0.25) is 0 Å². The molecule has 1 heterocycles. The molecule has 0 fully saturated rings. The molecule has 1 aliphatic heterocycles. The minimum absolute atomic E-state index is 0.127. The third kappa shape index (κ3) is 3.13. The number of para-hydroxylation sites is 2. The number of anilines is 2. The molecule has 0 saturated carbocycles. The summed E-state index contributed by atoms with van der Waals surface area (Å²) in [6.45, 7) is 4.45. The highest BCUT2D eigenvalue weighted by molar-refractivity contribution is 6.09. The van der Waals surface area contributed by atoms with Crippen molar-refractivity contribution >= 4 is 23.0 Å². The average molecular weight is 341 g/mol. The summed E-state index contributed by atoms with van der Waals surface area (Å²) in [6, 6.07) is 11.8. The van der Waals surface area contributed by atoms with E-state index in [0.717, 1.165) is 11.4 Å². The second-order valence-corrected chi connectivity index (χ2v) is 6.56. The number of fused-ring (bicyclic) bond motifs is 1. The van der Waals surface area contributed by atoms with Crippen LogP contribution in [-0.2, 0) is 0 Å². The van der Waals surface area contributed by atoms with Crippen LogP contribution in [0.3, 0.4) is 0 Å². The predicted molar refractivity (Wildman–Crippen MR) is 95.5 cm³/mol. The van der Waals surface area contributed by atoms with Gasteiger partial charge in [0, 0.05) is 23.7 Å². The fraction of sp³-hybridized carbons (Fsp3) is 0.278. The summed E-state index contributed by atoms with van der Waals surface area (Å²) in [7, 11) is 1.36. The van der Waals surface area contributed by atoms with E-state index in [4.69, 9.17) is 4.74 Å². The summed E-state index contributed by atoms with van der Waals surface area (Å²) >= 11 is 0. The van der Waals surface area contributed by atoms with Gasteiger partial charge in [0.05, 0.1) is 23.4 Å². The first kappa shape index (κ1) is 16.8. The molecule has 1 amide bonds. The summed E-state index contributed by atoms with van der Waals surface area (Å²) in [5.74, 6) is -0.157. The van der Waals surface area contributed by atoms with Gasteiger partial charge in [0.1, 0.15) is 0 Å². The number of ether oxygens (including phenoxy) is 1. The van der Waals surface area contributed by atoms with E-state index in [-0.39, 0.29) is 28.4 Å². The van der Waals surface area contributed by atoms with Gasteiger partial charge in [-0.25, -0.2) is 0 Å². The molecule has 0 atom stereocenters. The molecule has 3 rings (SSSR count). The average Bonchev–Trinajstić information content (AvgIpc) is 2.58. The molecule has 130 valence electrons. The molecule has 0 saturated heterocycles. The summed E-state index contributed by atoms with van der Waals surface area (Å²) in [6.07, 6.45) is 0. The zero-order chi connectivity index (χ0) is 18.2. The Labute approximate surface area is 145 Å². The van der Waals surface area contributed by atoms with Gasteiger partial charge in [-0.3, -0.25) is 14.9 Å². The van der Waals surface area contributed by atoms with E-state index >= 15 is 0 Å². The molecule has 0 aromatic heterocycles. The largest absolute Gasteiger partial charge is 0.490 e. The van der Waals surface area contributed by atoms with Crippen molar-refractivity contribution < 1.29 is 14.5 Å². The molecule has 7 heteroatoms. The Hall–Kier alpha value is -3.09. The van der Waals surface area contributed by atoms with Gasteiger partial charge in [-0.2, -0.15) is 0 Å². The first-order valence-corrected chi connectivity index (χ1v) is 7.84. The number of methoxy groups -OCH3 is 1. The topological polar surface area (TPSA) is 84.7 Å². The molecule has 0 aliphatic carbocycles. The van der Waals surface area contributed by atoms with E-state index in [1.54, 1.807) is 11.0 Å². The van der Waals surface area contributed by atoms with Gasteiger partial charge in [-0.1, -0.05) is 12.1 Å². The second-order valence-electron chi connectivity index (χ2n) is 6.56. The fourth-order valence-corrected chi connectivity index (χ4v) is 3.00. The van der Waals surface area contributed by atoms with Crippen LogP contribution in [0.2, 0.25) is 0 Å². The number of amides is 1. The molecule has 25 heavy (non-hydrogen) atoms. The number of carbonyl (C=O) groups excluding carboxylic acids is 1. The molecule has 0 bridgehead atoms. The molecular formula is C18H19N3O4. The summed E-state index contributed by atoms with van der Waals surface area (Å²) in [5.41, 5.74) is 1.32. The van der Waals surface area contributed by atoms with E-state index in [1.807, 2.05) is 38.1 Å². The monoisotopic (exact) mass is 341 g/mol. The van der Waals surface area contributed by atoms with E-state index < -0.39 is 4.92 Å². The van der Waals surface area contributed by atoms with Gasteiger partial charge in [-0.15, -0.1) is 0 Å². The highest BCUT2D eigenvalue weighted by atomic mass is 16.6. The van der Waals surface area contributed by atoms with Crippen LogP contribution < -0.4 is 15.0 Å². The first-order valence-electron chi connectivity index (χ1n) is 7.84. The van der Waals surface area contributed by atoms with Gasteiger partial charge in [0.25, 0.3) is 5.91 Å². The minimum atomic E-state index is -0.550. The third-order valence-electron chi connectivity index (χ3n) is 4.09. The SMILES string of the molecule is COc1ccc(C(=O)N2CC(C)(C)Nc3ccccc32)cc1[N+](=O)[O-]. The Balaban J connectivity index is 2.04. The number of nitro groups is 1. The van der Waals surface area contributed by atoms with Crippen LogP contribution in [0.25, 0.3) is 0 Å². The number of hydrogen-bond donors (Lipinski definition) is 1. The smallest absolute Gasteiger partial charge is 0.311 e. The number of nitrogens with zero attached hydrogens (tertiary/aromatic N) is 2. The molecule has 7 nitrogen and oxygen atoms in total. The van der Waals surface area contributed by atoms with Crippen LogP contribution in [0.1, 0.15) is 24.2 Å². The van der Waals surface area contributed by atoms with Crippen LogP contribution in [0.4, 0.5) is 17.1 Å².